The Morgan fingerprint density at radius 1 is 1.19 bits per heavy atom. The van der Waals surface area contributed by atoms with Crippen LogP contribution in [0.2, 0.25) is 10.0 Å². The van der Waals surface area contributed by atoms with Gasteiger partial charge in [-0.2, -0.15) is 0 Å². The molecule has 0 saturated carbocycles. The van der Waals surface area contributed by atoms with Crippen LogP contribution in [0.25, 0.3) is 0 Å². The van der Waals surface area contributed by atoms with Crippen molar-refractivity contribution in [1.29, 1.82) is 0 Å². The van der Waals surface area contributed by atoms with E-state index in [1.165, 1.54) is 4.88 Å². The highest BCUT2D eigenvalue weighted by atomic mass is 35.5. The SMILES string of the molecule is NCC(c1ccc(Cl)c(Cl)c1)C(O)CCCc1cccs1. The first kappa shape index (κ1) is 16.8. The maximum atomic E-state index is 10.4. The van der Waals surface area contributed by atoms with E-state index in [0.717, 1.165) is 24.8 Å². The molecular formula is C16H19Cl2NOS. The molecule has 0 aliphatic rings. The number of aliphatic hydroxyl groups is 1. The van der Waals surface area contributed by atoms with Gasteiger partial charge in [-0.15, -0.1) is 11.3 Å². The summed E-state index contributed by atoms with van der Waals surface area (Å²) in [4.78, 5) is 1.35. The molecular weight excluding hydrogens is 325 g/mol. The maximum absolute atomic E-state index is 10.4. The highest BCUT2D eigenvalue weighted by Gasteiger charge is 2.20. The molecule has 3 N–H and O–H groups in total. The fraction of sp³-hybridized carbons (Fsp3) is 0.375. The predicted octanol–water partition coefficient (Wildman–Crippen LogP) is 4.48. The van der Waals surface area contributed by atoms with Gasteiger partial charge in [0.1, 0.15) is 0 Å². The number of nitrogens with two attached hydrogens (primary N) is 1. The lowest BCUT2D eigenvalue weighted by molar-refractivity contribution is 0.133. The summed E-state index contributed by atoms with van der Waals surface area (Å²) in [6, 6.07) is 9.60. The van der Waals surface area contributed by atoms with Crippen LogP contribution in [0.3, 0.4) is 0 Å². The van der Waals surface area contributed by atoms with Gasteiger partial charge in [-0.05, 0) is 48.4 Å². The van der Waals surface area contributed by atoms with Crippen molar-refractivity contribution in [3.8, 4) is 0 Å². The van der Waals surface area contributed by atoms with Crippen LogP contribution in [0.5, 0.6) is 0 Å². The number of benzene rings is 1. The third kappa shape index (κ3) is 4.70. The van der Waals surface area contributed by atoms with E-state index in [9.17, 15) is 5.11 Å². The standard InChI is InChI=1S/C16H19Cl2NOS/c17-14-7-6-11(9-15(14)18)13(10-19)16(20)5-1-3-12-4-2-8-21-12/h2,4,6-9,13,16,20H,1,3,5,10,19H2. The molecule has 0 spiro atoms. The van der Waals surface area contributed by atoms with Gasteiger partial charge in [-0.1, -0.05) is 35.3 Å². The van der Waals surface area contributed by atoms with Crippen LogP contribution in [0.1, 0.15) is 29.2 Å². The summed E-state index contributed by atoms with van der Waals surface area (Å²) in [6.07, 6.45) is 2.19. The van der Waals surface area contributed by atoms with E-state index < -0.39 is 6.10 Å². The zero-order chi connectivity index (χ0) is 15.2. The Labute approximate surface area is 139 Å². The Morgan fingerprint density at radius 2 is 2.00 bits per heavy atom. The van der Waals surface area contributed by atoms with Crippen LogP contribution in [0.15, 0.2) is 35.7 Å². The second-order valence-corrected chi connectivity index (χ2v) is 6.90. The van der Waals surface area contributed by atoms with Crippen LogP contribution < -0.4 is 5.73 Å². The minimum Gasteiger partial charge on any atom is -0.392 e. The number of halogens is 2. The van der Waals surface area contributed by atoms with Crippen LogP contribution in [0, 0.1) is 0 Å². The van der Waals surface area contributed by atoms with E-state index in [0.29, 0.717) is 16.6 Å². The van der Waals surface area contributed by atoms with Crippen molar-refractivity contribution in [1.82, 2.24) is 0 Å². The van der Waals surface area contributed by atoms with Crippen molar-refractivity contribution >= 4 is 34.5 Å². The van der Waals surface area contributed by atoms with Crippen LogP contribution >= 0.6 is 34.5 Å². The fourth-order valence-corrected chi connectivity index (χ4v) is 3.46. The maximum Gasteiger partial charge on any atom is 0.0621 e. The normalized spacial score (nSPS) is 14.1. The second kappa shape index (κ2) is 8.16. The number of aliphatic hydroxyl groups excluding tert-OH is 1. The van der Waals surface area contributed by atoms with Crippen LogP contribution in [0.4, 0.5) is 0 Å². The molecule has 0 aliphatic heterocycles. The first-order valence-electron chi connectivity index (χ1n) is 6.97. The van der Waals surface area contributed by atoms with E-state index in [2.05, 4.69) is 17.5 Å². The van der Waals surface area contributed by atoms with Crippen molar-refractivity contribution in [2.75, 3.05) is 6.54 Å². The third-order valence-electron chi connectivity index (χ3n) is 3.59. The van der Waals surface area contributed by atoms with Crippen LogP contribution in [-0.4, -0.2) is 17.8 Å². The molecule has 1 aromatic heterocycles. The van der Waals surface area contributed by atoms with E-state index in [-0.39, 0.29) is 5.92 Å². The first-order chi connectivity index (χ1) is 10.1. The Kier molecular flexibility index (Phi) is 6.52. The monoisotopic (exact) mass is 343 g/mol. The lowest BCUT2D eigenvalue weighted by Crippen LogP contribution is -2.26. The number of hydrogen-bond donors (Lipinski definition) is 2. The summed E-state index contributed by atoms with van der Waals surface area (Å²) in [5.41, 5.74) is 6.77. The molecule has 114 valence electrons. The molecule has 0 radical (unpaired) electrons. The largest absolute Gasteiger partial charge is 0.392 e. The molecule has 0 amide bonds. The van der Waals surface area contributed by atoms with E-state index in [1.54, 1.807) is 23.5 Å². The quantitative estimate of drug-likeness (QED) is 0.778. The van der Waals surface area contributed by atoms with Gasteiger partial charge in [0.05, 0.1) is 16.1 Å². The number of rotatable bonds is 7. The van der Waals surface area contributed by atoms with Gasteiger partial charge >= 0.3 is 0 Å². The lowest BCUT2D eigenvalue weighted by atomic mass is 9.90. The lowest BCUT2D eigenvalue weighted by Gasteiger charge is -2.22. The molecule has 2 unspecified atom stereocenters. The third-order valence-corrected chi connectivity index (χ3v) is 5.27. The molecule has 1 aromatic carbocycles. The molecule has 21 heavy (non-hydrogen) atoms. The fourth-order valence-electron chi connectivity index (χ4n) is 2.40. The van der Waals surface area contributed by atoms with Gasteiger partial charge in [-0.3, -0.25) is 0 Å². The number of aryl methyl sites for hydroxylation is 1. The van der Waals surface area contributed by atoms with Crippen LogP contribution in [-0.2, 0) is 6.42 Å². The van der Waals surface area contributed by atoms with E-state index in [1.807, 2.05) is 6.07 Å². The number of thiophene rings is 1. The zero-order valence-corrected chi connectivity index (χ0v) is 14.0. The summed E-state index contributed by atoms with van der Waals surface area (Å²) in [5.74, 6) is -0.108. The summed E-state index contributed by atoms with van der Waals surface area (Å²) in [6.45, 7) is 0.387. The smallest absolute Gasteiger partial charge is 0.0621 e. The molecule has 2 rings (SSSR count). The molecule has 0 aliphatic carbocycles. The highest BCUT2D eigenvalue weighted by molar-refractivity contribution is 7.09. The average Bonchev–Trinajstić information content (AvgIpc) is 2.97. The van der Waals surface area contributed by atoms with Gasteiger partial charge in [0, 0.05) is 17.3 Å². The second-order valence-electron chi connectivity index (χ2n) is 5.05. The van der Waals surface area contributed by atoms with Crippen molar-refractivity contribution in [3.63, 3.8) is 0 Å². The Hall–Kier alpha value is -0.580. The molecule has 1 heterocycles. The molecule has 2 nitrogen and oxygen atoms in total. The topological polar surface area (TPSA) is 46.2 Å². The van der Waals surface area contributed by atoms with Gasteiger partial charge in [0.2, 0.25) is 0 Å². The predicted molar refractivity (Wildman–Crippen MR) is 91.5 cm³/mol. The Morgan fingerprint density at radius 3 is 2.62 bits per heavy atom. The summed E-state index contributed by atoms with van der Waals surface area (Å²) >= 11 is 13.7. The summed E-state index contributed by atoms with van der Waals surface area (Å²) in [5, 5.41) is 13.5. The van der Waals surface area contributed by atoms with Crippen molar-refractivity contribution in [3.05, 3.63) is 56.2 Å². The van der Waals surface area contributed by atoms with Crippen molar-refractivity contribution in [2.45, 2.75) is 31.3 Å². The van der Waals surface area contributed by atoms with E-state index >= 15 is 0 Å². The molecule has 5 heteroatoms. The van der Waals surface area contributed by atoms with Gasteiger partial charge in [-0.25, -0.2) is 0 Å². The average molecular weight is 344 g/mol. The minimum atomic E-state index is -0.466. The van der Waals surface area contributed by atoms with Gasteiger partial charge in [0.25, 0.3) is 0 Å². The molecule has 0 bridgehead atoms. The van der Waals surface area contributed by atoms with Gasteiger partial charge in [0.15, 0.2) is 0 Å². The molecule has 0 saturated heterocycles. The van der Waals surface area contributed by atoms with E-state index in [4.69, 9.17) is 28.9 Å². The zero-order valence-electron chi connectivity index (χ0n) is 11.6. The minimum absolute atomic E-state index is 0.108. The molecule has 2 atom stereocenters. The number of hydrogen-bond acceptors (Lipinski definition) is 3. The molecule has 0 fully saturated rings. The van der Waals surface area contributed by atoms with Crippen molar-refractivity contribution in [2.24, 2.45) is 5.73 Å². The Balaban J connectivity index is 1.94. The summed E-state index contributed by atoms with van der Waals surface area (Å²) in [7, 11) is 0. The van der Waals surface area contributed by atoms with Gasteiger partial charge < -0.3 is 10.8 Å². The summed E-state index contributed by atoms with van der Waals surface area (Å²) < 4.78 is 0. The van der Waals surface area contributed by atoms with Crippen molar-refractivity contribution < 1.29 is 5.11 Å². The molecule has 2 aromatic rings. The Bertz CT molecular complexity index is 559. The highest BCUT2D eigenvalue weighted by Crippen LogP contribution is 2.29. The first-order valence-corrected chi connectivity index (χ1v) is 8.61.